The Morgan fingerprint density at radius 3 is 2.60 bits per heavy atom. The number of ether oxygens (including phenoxy) is 2. The van der Waals surface area contributed by atoms with Gasteiger partial charge in [0.15, 0.2) is 0 Å². The van der Waals surface area contributed by atoms with Gasteiger partial charge in [-0.1, -0.05) is 18.2 Å². The molecular formula is C19H25N3O3. The smallest absolute Gasteiger partial charge is 0.270 e. The van der Waals surface area contributed by atoms with Crippen LogP contribution in [-0.2, 0) is 20.7 Å². The highest BCUT2D eigenvalue weighted by atomic mass is 16.5. The highest BCUT2D eigenvalue weighted by Gasteiger charge is 2.25. The minimum Gasteiger partial charge on any atom is -0.383 e. The van der Waals surface area contributed by atoms with E-state index >= 15 is 0 Å². The van der Waals surface area contributed by atoms with Crippen LogP contribution in [0.25, 0.3) is 0 Å². The summed E-state index contributed by atoms with van der Waals surface area (Å²) in [7, 11) is 3.25. The van der Waals surface area contributed by atoms with Gasteiger partial charge in [-0.15, -0.1) is 0 Å². The number of anilines is 1. The van der Waals surface area contributed by atoms with Gasteiger partial charge in [0.2, 0.25) is 0 Å². The number of fused-ring (bicyclic) bond motifs is 1. The molecule has 0 bridgehead atoms. The monoisotopic (exact) mass is 343 g/mol. The number of carbonyl (C=O) groups is 1. The van der Waals surface area contributed by atoms with E-state index in [0.717, 1.165) is 24.1 Å². The van der Waals surface area contributed by atoms with Gasteiger partial charge in [0, 0.05) is 45.7 Å². The fourth-order valence-corrected chi connectivity index (χ4v) is 2.86. The van der Waals surface area contributed by atoms with Crippen LogP contribution in [0.3, 0.4) is 0 Å². The quantitative estimate of drug-likeness (QED) is 0.533. The first kappa shape index (κ1) is 19.0. The zero-order valence-corrected chi connectivity index (χ0v) is 14.9. The first-order valence-electron chi connectivity index (χ1n) is 8.45. The van der Waals surface area contributed by atoms with Gasteiger partial charge >= 0.3 is 0 Å². The Labute approximate surface area is 149 Å². The van der Waals surface area contributed by atoms with Crippen LogP contribution in [0, 0.1) is 11.3 Å². The van der Waals surface area contributed by atoms with Crippen molar-refractivity contribution < 1.29 is 14.3 Å². The fourth-order valence-electron chi connectivity index (χ4n) is 2.86. The van der Waals surface area contributed by atoms with Crippen LogP contribution in [0.15, 0.2) is 36.0 Å². The van der Waals surface area contributed by atoms with E-state index in [1.807, 2.05) is 29.2 Å². The average Bonchev–Trinajstić information content (AvgIpc) is 2.66. The van der Waals surface area contributed by atoms with Crippen molar-refractivity contribution in [3.05, 3.63) is 41.6 Å². The topological polar surface area (TPSA) is 65.8 Å². The second-order valence-electron chi connectivity index (χ2n) is 5.87. The molecule has 0 aromatic heterocycles. The Kier molecular flexibility index (Phi) is 7.45. The van der Waals surface area contributed by atoms with Crippen LogP contribution in [0.2, 0.25) is 0 Å². The lowest BCUT2D eigenvalue weighted by Gasteiger charge is -2.29. The van der Waals surface area contributed by atoms with Crippen molar-refractivity contribution in [2.24, 2.45) is 0 Å². The third kappa shape index (κ3) is 5.05. The molecule has 0 saturated carbocycles. The summed E-state index contributed by atoms with van der Waals surface area (Å²) in [5.41, 5.74) is 2.18. The van der Waals surface area contributed by atoms with Gasteiger partial charge in [-0.05, 0) is 24.5 Å². The summed E-state index contributed by atoms with van der Waals surface area (Å²) in [5, 5.41) is 9.52. The lowest BCUT2D eigenvalue weighted by Crippen LogP contribution is -2.37. The number of hydrogen-bond donors (Lipinski definition) is 0. The number of amides is 1. The van der Waals surface area contributed by atoms with Crippen molar-refractivity contribution >= 4 is 11.6 Å². The molecule has 2 rings (SSSR count). The van der Waals surface area contributed by atoms with Crippen LogP contribution in [0.5, 0.6) is 0 Å². The molecule has 0 radical (unpaired) electrons. The van der Waals surface area contributed by atoms with Crippen LogP contribution in [0.4, 0.5) is 5.69 Å². The van der Waals surface area contributed by atoms with E-state index in [0.29, 0.717) is 32.8 Å². The van der Waals surface area contributed by atoms with Crippen molar-refractivity contribution in [3.8, 4) is 6.07 Å². The molecule has 25 heavy (non-hydrogen) atoms. The maximum absolute atomic E-state index is 12.9. The Morgan fingerprint density at radius 1 is 1.28 bits per heavy atom. The zero-order valence-electron chi connectivity index (χ0n) is 14.9. The van der Waals surface area contributed by atoms with Gasteiger partial charge in [0.1, 0.15) is 11.6 Å². The van der Waals surface area contributed by atoms with Crippen molar-refractivity contribution in [1.29, 1.82) is 5.26 Å². The molecule has 1 heterocycles. The van der Waals surface area contributed by atoms with E-state index in [-0.39, 0.29) is 11.5 Å². The molecule has 0 unspecified atom stereocenters. The van der Waals surface area contributed by atoms with Crippen molar-refractivity contribution in [3.63, 3.8) is 0 Å². The minimum absolute atomic E-state index is 0.129. The Balaban J connectivity index is 2.21. The molecule has 1 aromatic carbocycles. The van der Waals surface area contributed by atoms with Crippen LogP contribution >= 0.6 is 0 Å². The van der Waals surface area contributed by atoms with E-state index in [9.17, 15) is 10.1 Å². The summed E-state index contributed by atoms with van der Waals surface area (Å²) in [6, 6.07) is 9.93. The molecule has 6 heteroatoms. The Morgan fingerprint density at radius 2 is 1.96 bits per heavy atom. The maximum atomic E-state index is 12.9. The molecular weight excluding hydrogens is 318 g/mol. The van der Waals surface area contributed by atoms with Crippen molar-refractivity contribution in [2.75, 3.05) is 52.0 Å². The number of hydrogen-bond acceptors (Lipinski definition) is 5. The molecule has 0 saturated heterocycles. The molecule has 0 spiro atoms. The van der Waals surface area contributed by atoms with Crippen LogP contribution in [-0.4, -0.2) is 57.9 Å². The number of benzene rings is 1. The summed E-state index contributed by atoms with van der Waals surface area (Å²) in [5.74, 6) is -0.255. The predicted molar refractivity (Wildman–Crippen MR) is 96.1 cm³/mol. The highest BCUT2D eigenvalue weighted by Crippen LogP contribution is 2.27. The van der Waals surface area contributed by atoms with E-state index in [1.165, 1.54) is 0 Å². The molecule has 6 nitrogen and oxygen atoms in total. The molecule has 1 aromatic rings. The lowest BCUT2D eigenvalue weighted by atomic mass is 10.0. The van der Waals surface area contributed by atoms with E-state index in [1.54, 1.807) is 25.3 Å². The third-order valence-corrected chi connectivity index (χ3v) is 4.18. The summed E-state index contributed by atoms with van der Waals surface area (Å²) < 4.78 is 10.2. The second kappa shape index (κ2) is 9.82. The number of carbonyl (C=O) groups excluding carboxylic acids is 1. The first-order valence-corrected chi connectivity index (χ1v) is 8.45. The van der Waals surface area contributed by atoms with Gasteiger partial charge < -0.3 is 19.3 Å². The van der Waals surface area contributed by atoms with E-state index < -0.39 is 0 Å². The Hall–Kier alpha value is -2.36. The van der Waals surface area contributed by atoms with Crippen LogP contribution < -0.4 is 4.90 Å². The van der Waals surface area contributed by atoms with Crippen molar-refractivity contribution in [2.45, 2.75) is 12.8 Å². The molecule has 134 valence electrons. The summed E-state index contributed by atoms with van der Waals surface area (Å²) >= 11 is 0. The maximum Gasteiger partial charge on any atom is 0.270 e. The van der Waals surface area contributed by atoms with Gasteiger partial charge in [0.05, 0.1) is 13.2 Å². The average molecular weight is 343 g/mol. The van der Waals surface area contributed by atoms with E-state index in [4.69, 9.17) is 9.47 Å². The third-order valence-electron chi connectivity index (χ3n) is 4.18. The molecule has 0 atom stereocenters. The van der Waals surface area contributed by atoms with E-state index in [2.05, 4.69) is 6.07 Å². The molecule has 0 N–H and O–H groups in total. The molecule has 0 fully saturated rings. The van der Waals surface area contributed by atoms with Gasteiger partial charge in [-0.25, -0.2) is 0 Å². The number of aryl methyl sites for hydroxylation is 1. The molecule has 1 aliphatic heterocycles. The number of rotatable bonds is 8. The molecule has 1 amide bonds. The lowest BCUT2D eigenvalue weighted by molar-refractivity contribution is -0.114. The Bertz CT molecular complexity index is 644. The number of para-hydroxylation sites is 1. The summed E-state index contributed by atoms with van der Waals surface area (Å²) in [6.07, 6.45) is 3.48. The van der Waals surface area contributed by atoms with Gasteiger partial charge in [0.25, 0.3) is 5.91 Å². The van der Waals surface area contributed by atoms with Crippen LogP contribution in [0.1, 0.15) is 12.0 Å². The number of nitrogens with zero attached hydrogens (tertiary/aromatic N) is 3. The number of nitriles is 1. The molecule has 1 aliphatic rings. The summed E-state index contributed by atoms with van der Waals surface area (Å²) in [6.45, 7) is 2.84. The standard InChI is InChI=1S/C19H25N3O3/c1-24-12-10-21(11-13-25-2)15-17(14-20)19(23)22-9-5-7-16-6-3-4-8-18(16)22/h3-4,6,8,15H,5,7,9-13H2,1-2H3/b17-15-. The summed E-state index contributed by atoms with van der Waals surface area (Å²) in [4.78, 5) is 16.5. The second-order valence-corrected chi connectivity index (χ2v) is 5.87. The first-order chi connectivity index (χ1) is 12.2. The molecule has 0 aliphatic carbocycles. The highest BCUT2D eigenvalue weighted by molar-refractivity contribution is 6.08. The largest absolute Gasteiger partial charge is 0.383 e. The predicted octanol–water partition coefficient (Wildman–Crippen LogP) is 1.97. The normalized spacial score (nSPS) is 14.0. The van der Waals surface area contributed by atoms with Gasteiger partial charge in [-0.2, -0.15) is 5.26 Å². The SMILES string of the molecule is COCCN(/C=C(/C#N)C(=O)N1CCCc2ccccc21)CCOC. The minimum atomic E-state index is -0.255. The fraction of sp³-hybridized carbons (Fsp3) is 0.474. The van der Waals surface area contributed by atoms with Crippen molar-refractivity contribution in [1.82, 2.24) is 4.90 Å². The zero-order chi connectivity index (χ0) is 18.1. The number of methoxy groups -OCH3 is 2. The van der Waals surface area contributed by atoms with Gasteiger partial charge in [-0.3, -0.25) is 4.79 Å².